The van der Waals surface area contributed by atoms with Crippen molar-refractivity contribution in [1.29, 1.82) is 0 Å². The molecule has 42 heavy (non-hydrogen) atoms. The Morgan fingerprint density at radius 3 is 1.19 bits per heavy atom. The van der Waals surface area contributed by atoms with Gasteiger partial charge in [0.2, 0.25) is 0 Å². The van der Waals surface area contributed by atoms with Crippen molar-refractivity contribution in [3.05, 3.63) is 33.0 Å². The molecule has 2 aromatic heterocycles. The summed E-state index contributed by atoms with van der Waals surface area (Å²) >= 11 is 3.64. The van der Waals surface area contributed by atoms with E-state index in [4.69, 9.17) is 18.6 Å². The Kier molecular flexibility index (Phi) is 11.0. The SMILES string of the molecule is CCCCCCc1cc(B2OC(C)(C)C(C)(C)O2)sc1C=Cc1sc(B2OC(C)(C)C(C)(C)O2)cc1CCCCCC. The summed E-state index contributed by atoms with van der Waals surface area (Å²) in [6, 6.07) is 4.68. The molecular formula is C34H54B2O4S2. The van der Waals surface area contributed by atoms with E-state index < -0.39 is 0 Å². The Bertz CT molecular complexity index is 1090. The zero-order valence-corrected chi connectivity index (χ0v) is 29.6. The second-order valence-corrected chi connectivity index (χ2v) is 16.4. The van der Waals surface area contributed by atoms with Gasteiger partial charge in [0.15, 0.2) is 0 Å². The average Bonchev–Trinajstić information content (AvgIpc) is 3.60. The maximum Gasteiger partial charge on any atom is 0.505 e. The molecule has 2 aliphatic rings. The molecule has 0 unspecified atom stereocenters. The van der Waals surface area contributed by atoms with Crippen molar-refractivity contribution in [3.8, 4) is 0 Å². The highest BCUT2D eigenvalue weighted by molar-refractivity contribution is 7.24. The maximum absolute atomic E-state index is 6.44. The van der Waals surface area contributed by atoms with E-state index in [0.29, 0.717) is 0 Å². The summed E-state index contributed by atoms with van der Waals surface area (Å²) < 4.78 is 28.1. The minimum absolute atomic E-state index is 0.317. The fourth-order valence-corrected chi connectivity index (χ4v) is 7.54. The average molecular weight is 613 g/mol. The number of unbranched alkanes of at least 4 members (excludes halogenated alkanes) is 6. The summed E-state index contributed by atoms with van der Waals surface area (Å²) in [5.74, 6) is 0. The van der Waals surface area contributed by atoms with Gasteiger partial charge >= 0.3 is 14.2 Å². The van der Waals surface area contributed by atoms with Gasteiger partial charge < -0.3 is 18.6 Å². The monoisotopic (exact) mass is 612 g/mol. The van der Waals surface area contributed by atoms with E-state index in [1.165, 1.54) is 81.8 Å². The van der Waals surface area contributed by atoms with Gasteiger partial charge in [0.1, 0.15) is 0 Å². The third-order valence-corrected chi connectivity index (χ3v) is 12.0. The third-order valence-electron chi connectivity index (χ3n) is 9.68. The predicted octanol–water partition coefficient (Wildman–Crippen LogP) is 8.82. The number of thiophene rings is 2. The minimum atomic E-state index is -0.341. The van der Waals surface area contributed by atoms with Crippen molar-refractivity contribution in [3.63, 3.8) is 0 Å². The molecule has 4 rings (SSSR count). The Hall–Kier alpha value is -0.890. The number of hydrogen-bond donors (Lipinski definition) is 0. The van der Waals surface area contributed by atoms with Gasteiger partial charge in [-0.3, -0.25) is 0 Å². The number of hydrogen-bond acceptors (Lipinski definition) is 6. The van der Waals surface area contributed by atoms with E-state index in [1.54, 1.807) is 0 Å². The summed E-state index contributed by atoms with van der Waals surface area (Å²) in [4.78, 5) is 2.64. The van der Waals surface area contributed by atoms with Gasteiger partial charge in [0, 0.05) is 19.3 Å². The van der Waals surface area contributed by atoms with Gasteiger partial charge in [0.05, 0.1) is 22.4 Å². The maximum atomic E-state index is 6.44. The second kappa shape index (κ2) is 13.6. The van der Waals surface area contributed by atoms with Crippen LogP contribution in [0.25, 0.3) is 12.2 Å². The molecule has 4 heterocycles. The summed E-state index contributed by atoms with van der Waals surface area (Å²) in [6.45, 7) is 21.6. The quantitative estimate of drug-likeness (QED) is 0.158. The van der Waals surface area contributed by atoms with E-state index in [9.17, 15) is 0 Å². The second-order valence-electron chi connectivity index (χ2n) is 14.2. The van der Waals surface area contributed by atoms with Gasteiger partial charge in [0.25, 0.3) is 0 Å². The van der Waals surface area contributed by atoms with Crippen LogP contribution in [0.4, 0.5) is 0 Å². The first kappa shape index (κ1) is 34.0. The van der Waals surface area contributed by atoms with Crippen molar-refractivity contribution < 1.29 is 18.6 Å². The zero-order valence-electron chi connectivity index (χ0n) is 28.0. The van der Waals surface area contributed by atoms with Gasteiger partial charge in [-0.05, 0) is 116 Å². The molecule has 0 aliphatic carbocycles. The Balaban J connectivity index is 1.61. The Morgan fingerprint density at radius 1 is 0.548 bits per heavy atom. The summed E-state index contributed by atoms with van der Waals surface area (Å²) in [6.07, 6.45) is 16.9. The number of aryl methyl sites for hydroxylation is 2. The molecular weight excluding hydrogens is 558 g/mol. The van der Waals surface area contributed by atoms with Crippen molar-refractivity contribution in [1.82, 2.24) is 0 Å². The lowest BCUT2D eigenvalue weighted by Gasteiger charge is -2.32. The molecule has 0 radical (unpaired) electrons. The first-order valence-corrected chi connectivity index (χ1v) is 18.0. The van der Waals surface area contributed by atoms with Crippen LogP contribution in [0.1, 0.15) is 141 Å². The highest BCUT2D eigenvalue weighted by atomic mass is 32.1. The first-order chi connectivity index (χ1) is 19.7. The lowest BCUT2D eigenvalue weighted by molar-refractivity contribution is 0.00578. The third kappa shape index (κ3) is 7.66. The molecule has 0 N–H and O–H groups in total. The van der Waals surface area contributed by atoms with E-state index in [0.717, 1.165) is 12.8 Å². The van der Waals surface area contributed by atoms with Gasteiger partial charge in [-0.25, -0.2) is 0 Å². The van der Waals surface area contributed by atoms with Crippen LogP contribution in [0.15, 0.2) is 12.1 Å². The normalized spacial score (nSPS) is 20.8. The zero-order chi connectivity index (χ0) is 30.8. The van der Waals surface area contributed by atoms with Crippen molar-refractivity contribution in [2.45, 2.75) is 156 Å². The molecule has 0 atom stereocenters. The Morgan fingerprint density at radius 2 is 0.881 bits per heavy atom. The van der Waals surface area contributed by atoms with Crippen molar-refractivity contribution in [2.75, 3.05) is 0 Å². The van der Waals surface area contributed by atoms with Crippen LogP contribution < -0.4 is 9.55 Å². The lowest BCUT2D eigenvalue weighted by atomic mass is 9.87. The molecule has 2 aliphatic heterocycles. The van der Waals surface area contributed by atoms with Gasteiger partial charge in [-0.15, -0.1) is 22.7 Å². The van der Waals surface area contributed by atoms with Crippen LogP contribution in [0.3, 0.4) is 0 Å². The highest BCUT2D eigenvalue weighted by Crippen LogP contribution is 2.39. The van der Waals surface area contributed by atoms with Gasteiger partial charge in [-0.1, -0.05) is 52.4 Å². The molecule has 232 valence electrons. The van der Waals surface area contributed by atoms with Crippen LogP contribution >= 0.6 is 22.7 Å². The van der Waals surface area contributed by atoms with Crippen LogP contribution in [-0.4, -0.2) is 36.6 Å². The predicted molar refractivity (Wildman–Crippen MR) is 185 cm³/mol. The van der Waals surface area contributed by atoms with Crippen LogP contribution in [0.2, 0.25) is 0 Å². The highest BCUT2D eigenvalue weighted by Gasteiger charge is 2.53. The van der Waals surface area contributed by atoms with Crippen LogP contribution in [0.5, 0.6) is 0 Å². The topological polar surface area (TPSA) is 36.9 Å². The van der Waals surface area contributed by atoms with E-state index in [-0.39, 0.29) is 36.6 Å². The van der Waals surface area contributed by atoms with E-state index in [1.807, 2.05) is 22.7 Å². The molecule has 2 aromatic rings. The summed E-state index contributed by atoms with van der Waals surface area (Å²) in [5.41, 5.74) is 1.45. The molecule has 2 fully saturated rings. The van der Waals surface area contributed by atoms with Crippen LogP contribution in [-0.2, 0) is 31.5 Å². The smallest absolute Gasteiger partial charge is 0.399 e. The summed E-state index contributed by atoms with van der Waals surface area (Å²) in [7, 11) is -0.634. The van der Waals surface area contributed by atoms with E-state index in [2.05, 4.69) is 93.5 Å². The Labute approximate surface area is 265 Å². The molecule has 8 heteroatoms. The first-order valence-electron chi connectivity index (χ1n) is 16.3. The van der Waals surface area contributed by atoms with Crippen LogP contribution in [0, 0.1) is 0 Å². The van der Waals surface area contributed by atoms with Crippen molar-refractivity contribution in [2.24, 2.45) is 0 Å². The lowest BCUT2D eigenvalue weighted by Crippen LogP contribution is -2.41. The molecule has 0 spiro atoms. The van der Waals surface area contributed by atoms with Crippen molar-refractivity contribution >= 4 is 58.6 Å². The fraction of sp³-hybridized carbons (Fsp3) is 0.706. The van der Waals surface area contributed by atoms with Gasteiger partial charge in [-0.2, -0.15) is 0 Å². The molecule has 0 bridgehead atoms. The largest absolute Gasteiger partial charge is 0.505 e. The summed E-state index contributed by atoms with van der Waals surface area (Å²) in [5, 5.41) is 0. The molecule has 2 saturated heterocycles. The fourth-order valence-electron chi connectivity index (χ4n) is 5.39. The minimum Gasteiger partial charge on any atom is -0.399 e. The number of rotatable bonds is 14. The molecule has 0 saturated carbocycles. The standard InChI is InChI=1S/C34H54B2O4S2/c1-11-13-15-17-19-25-23-29(35-37-31(3,4)32(5,6)38-35)41-27(25)21-22-28-26(20-18-16-14-12-2)24-30(42-28)36-39-33(7,8)34(9,10)40-36/h21-24H,11-20H2,1-10H3. The molecule has 0 amide bonds. The molecule has 4 nitrogen and oxygen atoms in total. The van der Waals surface area contributed by atoms with E-state index >= 15 is 0 Å². The molecule has 0 aromatic carbocycles.